The fourth-order valence-electron chi connectivity index (χ4n) is 2.17. The zero-order valence-electron chi connectivity index (χ0n) is 13.8. The Morgan fingerprint density at radius 2 is 1.55 bits per heavy atom. The number of nitrogens with zero attached hydrogens (tertiary/aromatic N) is 1. The van der Waals surface area contributed by atoms with Gasteiger partial charge >= 0.3 is 0 Å². The van der Waals surface area contributed by atoms with E-state index in [0.717, 1.165) is 45.6 Å². The highest BCUT2D eigenvalue weighted by Crippen LogP contribution is 2.11. The molecule has 1 heterocycles. The summed E-state index contributed by atoms with van der Waals surface area (Å²) in [6.07, 6.45) is 7.23. The highest BCUT2D eigenvalue weighted by atomic mass is 16.5. The third-order valence-electron chi connectivity index (χ3n) is 3.47. The van der Waals surface area contributed by atoms with Gasteiger partial charge in [0.15, 0.2) is 0 Å². The number of rotatable bonds is 12. The number of likely N-dealkylation sites (tertiary alicyclic amines) is 1. The number of hydrogen-bond acceptors (Lipinski definition) is 4. The minimum atomic E-state index is 0.306. The molecule has 1 rings (SSSR count). The summed E-state index contributed by atoms with van der Waals surface area (Å²) < 4.78 is 10.8. The van der Waals surface area contributed by atoms with Gasteiger partial charge in [0.1, 0.15) is 0 Å². The van der Waals surface area contributed by atoms with Gasteiger partial charge in [-0.25, -0.2) is 0 Å². The van der Waals surface area contributed by atoms with E-state index < -0.39 is 0 Å². The van der Waals surface area contributed by atoms with Crippen molar-refractivity contribution in [3.63, 3.8) is 0 Å². The van der Waals surface area contributed by atoms with Crippen LogP contribution < -0.4 is 0 Å². The van der Waals surface area contributed by atoms with Crippen molar-refractivity contribution in [2.45, 2.75) is 58.5 Å². The highest BCUT2D eigenvalue weighted by Gasteiger charge is 2.24. The van der Waals surface area contributed by atoms with E-state index in [2.05, 4.69) is 4.90 Å². The van der Waals surface area contributed by atoms with E-state index in [-0.39, 0.29) is 0 Å². The van der Waals surface area contributed by atoms with E-state index in [1.165, 1.54) is 25.8 Å². The molecule has 1 N–H and O–H groups in total. The van der Waals surface area contributed by atoms with Crippen LogP contribution in [0, 0.1) is 0 Å². The first-order valence-electron chi connectivity index (χ1n) is 8.30. The van der Waals surface area contributed by atoms with Crippen LogP contribution in [-0.4, -0.2) is 62.7 Å². The van der Waals surface area contributed by atoms with Crippen LogP contribution in [0.1, 0.15) is 52.4 Å². The van der Waals surface area contributed by atoms with Gasteiger partial charge in [0.05, 0.1) is 6.10 Å². The third-order valence-corrected chi connectivity index (χ3v) is 3.47. The first-order valence-corrected chi connectivity index (χ1v) is 8.30. The molecule has 0 aromatic carbocycles. The molecule has 0 radical (unpaired) electrons. The first-order chi connectivity index (χ1) is 9.86. The summed E-state index contributed by atoms with van der Waals surface area (Å²) >= 11 is 0. The number of methoxy groups -OCH3 is 1. The summed E-state index contributed by atoms with van der Waals surface area (Å²) in [6.45, 7) is 9.47. The molecular formula is C16H35NO3. The summed E-state index contributed by atoms with van der Waals surface area (Å²) in [5.41, 5.74) is 0. The molecule has 0 aromatic rings. The molecule has 1 fully saturated rings. The molecule has 1 aliphatic heterocycles. The fourth-order valence-corrected chi connectivity index (χ4v) is 2.17. The maximum absolute atomic E-state index is 8.62. The second kappa shape index (κ2) is 15.2. The average Bonchev–Trinajstić information content (AvgIpc) is 2.45. The molecule has 0 aliphatic carbocycles. The van der Waals surface area contributed by atoms with Crippen LogP contribution in [0.25, 0.3) is 0 Å². The van der Waals surface area contributed by atoms with Crippen LogP contribution in [0.5, 0.6) is 0 Å². The van der Waals surface area contributed by atoms with Crippen LogP contribution in [0.3, 0.4) is 0 Å². The summed E-state index contributed by atoms with van der Waals surface area (Å²) in [6, 6.07) is 0. The molecular weight excluding hydrogens is 254 g/mol. The third kappa shape index (κ3) is 10.6. The molecule has 122 valence electrons. The lowest BCUT2D eigenvalue weighted by molar-refractivity contribution is -0.0298. The van der Waals surface area contributed by atoms with E-state index >= 15 is 0 Å². The summed E-state index contributed by atoms with van der Waals surface area (Å²) in [5.74, 6) is 0. The Bertz CT molecular complexity index is 185. The number of aliphatic hydroxyl groups excluding tert-OH is 1. The molecule has 20 heavy (non-hydrogen) atoms. The Morgan fingerprint density at radius 1 is 0.950 bits per heavy atom. The van der Waals surface area contributed by atoms with Crippen LogP contribution in [0.15, 0.2) is 0 Å². The number of unbranched alkanes of at least 4 members (excludes halogenated alkanes) is 4. The van der Waals surface area contributed by atoms with Crippen molar-refractivity contribution in [2.75, 3.05) is 46.6 Å². The van der Waals surface area contributed by atoms with Gasteiger partial charge in [0.2, 0.25) is 0 Å². The Labute approximate surface area is 125 Å². The maximum atomic E-state index is 8.62. The molecule has 1 aliphatic rings. The van der Waals surface area contributed by atoms with Gasteiger partial charge in [-0.3, -0.25) is 4.90 Å². The van der Waals surface area contributed by atoms with Gasteiger partial charge in [-0.05, 0) is 45.1 Å². The Hall–Kier alpha value is -0.160. The normalized spacial score (nSPS) is 15.6. The van der Waals surface area contributed by atoms with E-state index in [1.807, 2.05) is 13.8 Å². The summed E-state index contributed by atoms with van der Waals surface area (Å²) in [4.78, 5) is 2.45. The lowest BCUT2D eigenvalue weighted by Crippen LogP contribution is -2.51. The van der Waals surface area contributed by atoms with Crippen molar-refractivity contribution in [1.29, 1.82) is 0 Å². The van der Waals surface area contributed by atoms with Crippen LogP contribution in [-0.2, 0) is 9.47 Å². The molecule has 0 amide bonds. The smallest absolute Gasteiger partial charge is 0.0824 e. The minimum absolute atomic E-state index is 0.306. The molecule has 1 saturated heterocycles. The lowest BCUT2D eigenvalue weighted by Gasteiger charge is -2.38. The number of hydrogen-bond donors (Lipinski definition) is 1. The van der Waals surface area contributed by atoms with Crippen molar-refractivity contribution >= 4 is 0 Å². The van der Waals surface area contributed by atoms with E-state index in [9.17, 15) is 0 Å². The van der Waals surface area contributed by atoms with Gasteiger partial charge in [-0.1, -0.05) is 13.8 Å². The number of ether oxygens (including phenoxy) is 2. The number of aliphatic hydroxyl groups is 1. The van der Waals surface area contributed by atoms with E-state index in [4.69, 9.17) is 14.6 Å². The zero-order valence-corrected chi connectivity index (χ0v) is 13.8. The van der Waals surface area contributed by atoms with E-state index in [1.54, 1.807) is 7.11 Å². The summed E-state index contributed by atoms with van der Waals surface area (Å²) in [5, 5.41) is 8.62. The van der Waals surface area contributed by atoms with E-state index in [0.29, 0.717) is 12.7 Å². The van der Waals surface area contributed by atoms with Gasteiger partial charge in [0.25, 0.3) is 0 Å². The van der Waals surface area contributed by atoms with Crippen LogP contribution >= 0.6 is 0 Å². The van der Waals surface area contributed by atoms with Gasteiger partial charge < -0.3 is 14.6 Å². The monoisotopic (exact) mass is 289 g/mol. The standard InChI is InChI=1S/C14H29NO3.C2H6/c1-17-14-12-15(13-14)8-4-2-6-10-18-11-7-3-5-9-16;1-2/h14,16H,2-13H2,1H3;1-2H3. The second-order valence-electron chi connectivity index (χ2n) is 5.07. The highest BCUT2D eigenvalue weighted by molar-refractivity contribution is 4.79. The van der Waals surface area contributed by atoms with Gasteiger partial charge in [0, 0.05) is 40.0 Å². The lowest BCUT2D eigenvalue weighted by atomic mass is 10.1. The summed E-state index contributed by atoms with van der Waals surface area (Å²) in [7, 11) is 1.79. The molecule has 0 spiro atoms. The molecule has 0 aromatic heterocycles. The Morgan fingerprint density at radius 3 is 2.10 bits per heavy atom. The SMILES string of the molecule is CC.COC1CN(CCCCCOCCCCCO)C1. The average molecular weight is 289 g/mol. The predicted octanol–water partition coefficient (Wildman–Crippen LogP) is 2.69. The molecule has 0 saturated carbocycles. The Kier molecular flexibility index (Phi) is 15.1. The molecule has 4 heteroatoms. The molecule has 0 atom stereocenters. The van der Waals surface area contributed by atoms with Crippen molar-refractivity contribution in [3.05, 3.63) is 0 Å². The van der Waals surface area contributed by atoms with Gasteiger partial charge in [-0.15, -0.1) is 0 Å². The minimum Gasteiger partial charge on any atom is -0.396 e. The maximum Gasteiger partial charge on any atom is 0.0824 e. The molecule has 0 bridgehead atoms. The van der Waals surface area contributed by atoms with Crippen molar-refractivity contribution in [1.82, 2.24) is 4.90 Å². The van der Waals surface area contributed by atoms with Gasteiger partial charge in [-0.2, -0.15) is 0 Å². The van der Waals surface area contributed by atoms with Crippen LogP contribution in [0.2, 0.25) is 0 Å². The fraction of sp³-hybridized carbons (Fsp3) is 1.00. The first kappa shape index (κ1) is 19.8. The Balaban J connectivity index is 0.00000172. The van der Waals surface area contributed by atoms with Crippen molar-refractivity contribution in [2.24, 2.45) is 0 Å². The molecule has 4 nitrogen and oxygen atoms in total. The van der Waals surface area contributed by atoms with Crippen molar-refractivity contribution < 1.29 is 14.6 Å². The van der Waals surface area contributed by atoms with Crippen molar-refractivity contribution in [3.8, 4) is 0 Å². The quantitative estimate of drug-likeness (QED) is 0.561. The topological polar surface area (TPSA) is 41.9 Å². The van der Waals surface area contributed by atoms with Crippen LogP contribution in [0.4, 0.5) is 0 Å². The largest absolute Gasteiger partial charge is 0.396 e. The second-order valence-corrected chi connectivity index (χ2v) is 5.07. The predicted molar refractivity (Wildman–Crippen MR) is 84.2 cm³/mol. The zero-order chi connectivity index (χ0) is 15.1. The molecule has 0 unspecified atom stereocenters.